The number of nitrogens with zero attached hydrogens (tertiary/aromatic N) is 1. The molecular weight excluding hydrogens is 397 g/mol. The fraction of sp³-hybridized carbons (Fsp3) is 0.611. The number of alkyl halides is 3. The molecule has 3 rings (SSSR count). The summed E-state index contributed by atoms with van der Waals surface area (Å²) in [6.07, 6.45) is 4.00. The summed E-state index contributed by atoms with van der Waals surface area (Å²) in [5.41, 5.74) is -4.24. The zero-order valence-corrected chi connectivity index (χ0v) is 16.5. The molecule has 6 nitrogen and oxygen atoms in total. The van der Waals surface area contributed by atoms with Crippen molar-refractivity contribution in [2.45, 2.75) is 63.7 Å². The van der Waals surface area contributed by atoms with Crippen molar-refractivity contribution in [2.75, 3.05) is 16.2 Å². The summed E-state index contributed by atoms with van der Waals surface area (Å²) in [4.78, 5) is 14.2. The van der Waals surface area contributed by atoms with Crippen LogP contribution in [0, 0.1) is 13.8 Å². The van der Waals surface area contributed by atoms with Crippen LogP contribution < -0.4 is 9.62 Å². The van der Waals surface area contributed by atoms with E-state index in [2.05, 4.69) is 0 Å². The lowest BCUT2D eigenvalue weighted by molar-refractivity contribution is -0.130. The number of benzene rings is 1. The average molecular weight is 420 g/mol. The van der Waals surface area contributed by atoms with Crippen LogP contribution >= 0.6 is 0 Å². The van der Waals surface area contributed by atoms with E-state index in [1.807, 2.05) is 0 Å². The Bertz CT molecular complexity index is 864. The van der Waals surface area contributed by atoms with Crippen molar-refractivity contribution >= 4 is 27.3 Å². The van der Waals surface area contributed by atoms with Crippen molar-refractivity contribution in [2.24, 2.45) is 0 Å². The molecule has 2 fully saturated rings. The van der Waals surface area contributed by atoms with Crippen molar-refractivity contribution in [1.82, 2.24) is 0 Å². The van der Waals surface area contributed by atoms with E-state index >= 15 is 0 Å². The molecule has 0 aromatic heterocycles. The second-order valence-electron chi connectivity index (χ2n) is 7.31. The number of carbonyl (C=O) groups excluding carboxylic acids is 1. The second kappa shape index (κ2) is 7.55. The van der Waals surface area contributed by atoms with Crippen molar-refractivity contribution in [3.63, 3.8) is 0 Å². The maximum Gasteiger partial charge on any atom is 0.516 e. The predicted octanol–water partition coefficient (Wildman–Crippen LogP) is 3.63. The van der Waals surface area contributed by atoms with E-state index in [-0.39, 0.29) is 17.7 Å². The van der Waals surface area contributed by atoms with Crippen molar-refractivity contribution < 1.29 is 31.1 Å². The van der Waals surface area contributed by atoms with Gasteiger partial charge in [-0.2, -0.15) is 21.6 Å². The van der Waals surface area contributed by atoms with Crippen molar-refractivity contribution in [1.29, 1.82) is 0 Å². The molecule has 0 radical (unpaired) electrons. The molecule has 1 aliphatic heterocycles. The highest BCUT2D eigenvalue weighted by Gasteiger charge is 2.46. The summed E-state index contributed by atoms with van der Waals surface area (Å²) in [5.74, 6) is -0.247. The van der Waals surface area contributed by atoms with E-state index < -0.39 is 21.6 Å². The minimum absolute atomic E-state index is 0.0715. The molecule has 1 amide bonds. The first kappa shape index (κ1) is 20.9. The van der Waals surface area contributed by atoms with Gasteiger partial charge in [0, 0.05) is 18.7 Å². The summed E-state index contributed by atoms with van der Waals surface area (Å²) in [5, 5.41) is 0. The normalized spacial score (nSPS) is 21.5. The van der Waals surface area contributed by atoms with Gasteiger partial charge in [-0.05, 0) is 43.9 Å². The highest BCUT2D eigenvalue weighted by atomic mass is 32.2. The van der Waals surface area contributed by atoms with Crippen LogP contribution in [-0.2, 0) is 19.6 Å². The number of rotatable bonds is 5. The van der Waals surface area contributed by atoms with Crippen LogP contribution in [0.2, 0.25) is 0 Å². The predicted molar refractivity (Wildman–Crippen MR) is 98.6 cm³/mol. The average Bonchev–Trinajstić information content (AvgIpc) is 3.20. The molecule has 0 spiro atoms. The number of halogens is 3. The van der Waals surface area contributed by atoms with E-state index in [4.69, 9.17) is 4.74 Å². The number of anilines is 2. The first-order chi connectivity index (χ1) is 13.0. The molecule has 1 saturated carbocycles. The maximum atomic E-state index is 12.8. The van der Waals surface area contributed by atoms with E-state index in [0.717, 1.165) is 25.7 Å². The Morgan fingerprint density at radius 3 is 2.36 bits per heavy atom. The van der Waals surface area contributed by atoms with E-state index in [1.54, 1.807) is 17.7 Å². The number of carbonyl (C=O) groups is 1. The zero-order valence-electron chi connectivity index (χ0n) is 15.7. The first-order valence-corrected chi connectivity index (χ1v) is 10.6. The topological polar surface area (TPSA) is 75.7 Å². The van der Waals surface area contributed by atoms with Gasteiger partial charge in [-0.15, -0.1) is 0 Å². The number of amides is 1. The van der Waals surface area contributed by atoms with Crippen LogP contribution in [0.3, 0.4) is 0 Å². The van der Waals surface area contributed by atoms with Gasteiger partial charge < -0.3 is 9.64 Å². The van der Waals surface area contributed by atoms with E-state index in [9.17, 15) is 26.4 Å². The number of sulfonamides is 1. The molecule has 1 heterocycles. The molecule has 1 N–H and O–H groups in total. The summed E-state index contributed by atoms with van der Waals surface area (Å²) < 4.78 is 68.5. The SMILES string of the molecule is Cc1cc(C)c(N2CCC(OC3CCCC3)C2=O)cc1NS(=O)(=O)C(F)(F)F. The van der Waals surface area contributed by atoms with E-state index in [0.29, 0.717) is 29.8 Å². The molecular formula is C18H23F3N2O4S. The molecule has 1 unspecified atom stereocenters. The largest absolute Gasteiger partial charge is 0.516 e. The Kier molecular flexibility index (Phi) is 5.64. The van der Waals surface area contributed by atoms with Crippen LogP contribution in [0.5, 0.6) is 0 Å². The molecule has 28 heavy (non-hydrogen) atoms. The Hall–Kier alpha value is -1.81. The molecule has 1 aromatic rings. The van der Waals surface area contributed by atoms with Gasteiger partial charge in [-0.3, -0.25) is 9.52 Å². The van der Waals surface area contributed by atoms with Gasteiger partial charge in [0.25, 0.3) is 5.91 Å². The third kappa shape index (κ3) is 4.12. The van der Waals surface area contributed by atoms with Crippen LogP contribution in [0.25, 0.3) is 0 Å². The Morgan fingerprint density at radius 1 is 1.11 bits per heavy atom. The van der Waals surface area contributed by atoms with Crippen LogP contribution in [0.15, 0.2) is 12.1 Å². The van der Waals surface area contributed by atoms with Gasteiger partial charge in [0.1, 0.15) is 6.10 Å². The van der Waals surface area contributed by atoms with Gasteiger partial charge >= 0.3 is 15.5 Å². The van der Waals surface area contributed by atoms with Crippen LogP contribution in [0.1, 0.15) is 43.2 Å². The molecule has 2 aliphatic rings. The zero-order chi connectivity index (χ0) is 20.7. The molecule has 10 heteroatoms. The minimum atomic E-state index is -5.54. The summed E-state index contributed by atoms with van der Waals surface area (Å²) in [7, 11) is -5.54. The summed E-state index contributed by atoms with van der Waals surface area (Å²) in [6, 6.07) is 2.84. The number of ether oxygens (including phenoxy) is 1. The van der Waals surface area contributed by atoms with Crippen LogP contribution in [0.4, 0.5) is 24.5 Å². The summed E-state index contributed by atoms with van der Waals surface area (Å²) in [6.45, 7) is 3.59. The Labute approximate surface area is 162 Å². The highest BCUT2D eigenvalue weighted by molar-refractivity contribution is 7.93. The maximum absolute atomic E-state index is 12.8. The van der Waals surface area contributed by atoms with E-state index in [1.165, 1.54) is 17.9 Å². The number of nitrogens with one attached hydrogen (secondary N) is 1. The second-order valence-corrected chi connectivity index (χ2v) is 8.99. The van der Waals surface area contributed by atoms with Gasteiger partial charge in [-0.1, -0.05) is 18.9 Å². The Balaban J connectivity index is 1.83. The fourth-order valence-electron chi connectivity index (χ4n) is 3.72. The number of hydrogen-bond donors (Lipinski definition) is 1. The molecule has 0 bridgehead atoms. The fourth-order valence-corrected chi connectivity index (χ4v) is 4.35. The molecule has 1 aromatic carbocycles. The lowest BCUT2D eigenvalue weighted by Crippen LogP contribution is -2.33. The van der Waals surface area contributed by atoms with Crippen molar-refractivity contribution in [3.05, 3.63) is 23.3 Å². The van der Waals surface area contributed by atoms with Crippen LogP contribution in [-0.4, -0.2) is 38.6 Å². The monoisotopic (exact) mass is 420 g/mol. The molecule has 156 valence electrons. The lowest BCUT2D eigenvalue weighted by atomic mass is 10.1. The first-order valence-electron chi connectivity index (χ1n) is 9.17. The molecule has 1 saturated heterocycles. The van der Waals surface area contributed by atoms with Gasteiger partial charge in [0.2, 0.25) is 0 Å². The number of hydrogen-bond acceptors (Lipinski definition) is 4. The third-order valence-electron chi connectivity index (χ3n) is 5.20. The summed E-state index contributed by atoms with van der Waals surface area (Å²) >= 11 is 0. The standard InChI is InChI=1S/C18H23F3N2O4S/c1-11-9-12(2)15(10-14(11)22-28(25,26)18(19,20)21)23-8-7-16(17(23)24)27-13-5-3-4-6-13/h9-10,13,16,22H,3-8H2,1-2H3. The minimum Gasteiger partial charge on any atom is -0.365 e. The molecule has 1 aliphatic carbocycles. The lowest BCUT2D eigenvalue weighted by Gasteiger charge is -2.22. The molecule has 1 atom stereocenters. The number of aryl methyl sites for hydroxylation is 2. The highest BCUT2D eigenvalue weighted by Crippen LogP contribution is 2.34. The third-order valence-corrected chi connectivity index (χ3v) is 6.30. The van der Waals surface area contributed by atoms with Gasteiger partial charge in [0.15, 0.2) is 0 Å². The van der Waals surface area contributed by atoms with Gasteiger partial charge in [-0.25, -0.2) is 0 Å². The van der Waals surface area contributed by atoms with Gasteiger partial charge in [0.05, 0.1) is 11.8 Å². The smallest absolute Gasteiger partial charge is 0.365 e. The van der Waals surface area contributed by atoms with Crippen molar-refractivity contribution in [3.8, 4) is 0 Å². The Morgan fingerprint density at radius 2 is 1.75 bits per heavy atom. The quantitative estimate of drug-likeness (QED) is 0.789.